The smallest absolute Gasteiger partial charge is 0.359 e. The zero-order valence-corrected chi connectivity index (χ0v) is 12.3. The van der Waals surface area contributed by atoms with Gasteiger partial charge in [0, 0.05) is 11.1 Å². The maximum atomic E-state index is 11.8. The second kappa shape index (κ2) is 6.74. The van der Waals surface area contributed by atoms with E-state index in [1.54, 1.807) is 10.8 Å². The van der Waals surface area contributed by atoms with Crippen LogP contribution in [0.4, 0.5) is 0 Å². The van der Waals surface area contributed by atoms with Crippen molar-refractivity contribution in [2.75, 3.05) is 7.11 Å². The molecule has 1 N–H and O–H groups in total. The first-order chi connectivity index (χ1) is 10.2. The number of methoxy groups -OCH3 is 1. The van der Waals surface area contributed by atoms with Crippen LogP contribution in [0, 0.1) is 0 Å². The summed E-state index contributed by atoms with van der Waals surface area (Å²) in [5.41, 5.74) is 2.28. The van der Waals surface area contributed by atoms with Crippen LogP contribution in [0.1, 0.15) is 23.8 Å². The molecule has 0 fully saturated rings. The lowest BCUT2D eigenvalue weighted by molar-refractivity contribution is 0.0595. The molecule has 0 spiro atoms. The van der Waals surface area contributed by atoms with Crippen LogP contribution in [0.3, 0.4) is 0 Å². The summed E-state index contributed by atoms with van der Waals surface area (Å²) in [5, 5.41) is 8.43. The van der Waals surface area contributed by atoms with E-state index in [9.17, 15) is 4.79 Å². The van der Waals surface area contributed by atoms with Crippen LogP contribution in [-0.4, -0.2) is 22.9 Å². The summed E-state index contributed by atoms with van der Waals surface area (Å²) in [5.74, 6) is -0.428. The third kappa shape index (κ3) is 3.13. The number of fused-ring (bicyclic) bond motifs is 1. The minimum absolute atomic E-state index is 0.334. The van der Waals surface area contributed by atoms with Crippen molar-refractivity contribution in [2.24, 2.45) is 0 Å². The highest BCUT2D eigenvalue weighted by atomic mass is 16.5. The molecule has 1 heterocycles. The monoisotopic (exact) mass is 285 g/mol. The average molecular weight is 285 g/mol. The molecular formula is C16H19N3O2. The summed E-state index contributed by atoms with van der Waals surface area (Å²) in [6.45, 7) is 6.23. The van der Waals surface area contributed by atoms with E-state index in [2.05, 4.69) is 23.9 Å². The molecule has 0 unspecified atom stereocenters. The molecule has 0 aliphatic carbocycles. The van der Waals surface area contributed by atoms with Crippen molar-refractivity contribution < 1.29 is 9.53 Å². The predicted octanol–water partition coefficient (Wildman–Crippen LogP) is 2.85. The molecule has 110 valence electrons. The number of benzene rings is 1. The van der Waals surface area contributed by atoms with Crippen LogP contribution in [0.5, 0.6) is 0 Å². The number of esters is 1. The Morgan fingerprint density at radius 2 is 2.24 bits per heavy atom. The zero-order chi connectivity index (χ0) is 15.2. The summed E-state index contributed by atoms with van der Waals surface area (Å²) in [4.78, 5) is 11.8. The lowest BCUT2D eigenvalue weighted by atomic mass is 10.2. The van der Waals surface area contributed by atoms with Crippen LogP contribution in [0.25, 0.3) is 10.9 Å². The Morgan fingerprint density at radius 1 is 1.48 bits per heavy atom. The SMILES string of the molecule is C=C/C=C(\CC)NCn1nc(C(=O)OC)c2ccccc21. The van der Waals surface area contributed by atoms with E-state index < -0.39 is 5.97 Å². The first kappa shape index (κ1) is 14.8. The molecule has 5 heteroatoms. The number of ether oxygens (including phenoxy) is 1. The number of hydrogen-bond acceptors (Lipinski definition) is 4. The van der Waals surface area contributed by atoms with Crippen molar-refractivity contribution in [1.29, 1.82) is 0 Å². The van der Waals surface area contributed by atoms with Gasteiger partial charge in [0.1, 0.15) is 6.67 Å². The van der Waals surface area contributed by atoms with Gasteiger partial charge in [-0.15, -0.1) is 0 Å². The molecule has 2 rings (SSSR count). The van der Waals surface area contributed by atoms with Gasteiger partial charge in [0.15, 0.2) is 5.69 Å². The van der Waals surface area contributed by atoms with E-state index >= 15 is 0 Å². The molecule has 1 aromatic heterocycles. The van der Waals surface area contributed by atoms with Gasteiger partial charge in [-0.25, -0.2) is 9.48 Å². The van der Waals surface area contributed by atoms with Gasteiger partial charge in [-0.05, 0) is 18.6 Å². The number of carbonyl (C=O) groups excluding carboxylic acids is 1. The van der Waals surface area contributed by atoms with Crippen LogP contribution in [-0.2, 0) is 11.4 Å². The normalized spacial score (nSPS) is 11.4. The first-order valence-electron chi connectivity index (χ1n) is 6.80. The largest absolute Gasteiger partial charge is 0.464 e. The van der Waals surface area contributed by atoms with E-state index in [0.29, 0.717) is 12.4 Å². The lowest BCUT2D eigenvalue weighted by Crippen LogP contribution is -2.19. The Hall–Kier alpha value is -2.56. The molecule has 2 aromatic rings. The van der Waals surface area contributed by atoms with Crippen LogP contribution in [0.2, 0.25) is 0 Å². The molecule has 5 nitrogen and oxygen atoms in total. The molecule has 0 radical (unpaired) electrons. The fourth-order valence-electron chi connectivity index (χ4n) is 2.12. The Morgan fingerprint density at radius 3 is 2.90 bits per heavy atom. The van der Waals surface area contributed by atoms with Crippen molar-refractivity contribution in [3.63, 3.8) is 0 Å². The van der Waals surface area contributed by atoms with E-state index in [-0.39, 0.29) is 0 Å². The number of nitrogens with one attached hydrogen (secondary N) is 1. The zero-order valence-electron chi connectivity index (χ0n) is 12.3. The second-order valence-electron chi connectivity index (χ2n) is 4.47. The first-order valence-corrected chi connectivity index (χ1v) is 6.80. The summed E-state index contributed by atoms with van der Waals surface area (Å²) in [7, 11) is 1.36. The van der Waals surface area contributed by atoms with Crippen molar-refractivity contribution in [1.82, 2.24) is 15.1 Å². The number of hydrogen-bond donors (Lipinski definition) is 1. The number of para-hydroxylation sites is 1. The molecule has 1 aromatic carbocycles. The van der Waals surface area contributed by atoms with Gasteiger partial charge in [0.25, 0.3) is 0 Å². The Balaban J connectivity index is 2.34. The van der Waals surface area contributed by atoms with Gasteiger partial charge in [-0.3, -0.25) is 0 Å². The highest BCUT2D eigenvalue weighted by Crippen LogP contribution is 2.18. The molecule has 0 saturated carbocycles. The molecule has 0 amide bonds. The summed E-state index contributed by atoms with van der Waals surface area (Å²) in [6.07, 6.45) is 4.54. The molecule has 0 aliphatic rings. The highest BCUT2D eigenvalue weighted by molar-refractivity contribution is 6.02. The van der Waals surface area contributed by atoms with E-state index in [1.165, 1.54) is 7.11 Å². The molecule has 0 saturated heterocycles. The third-order valence-corrected chi connectivity index (χ3v) is 3.19. The Kier molecular flexibility index (Phi) is 4.77. The Bertz CT molecular complexity index is 686. The number of allylic oxidation sites excluding steroid dienone is 3. The second-order valence-corrected chi connectivity index (χ2v) is 4.47. The summed E-state index contributed by atoms with van der Waals surface area (Å²) < 4.78 is 6.54. The van der Waals surface area contributed by atoms with Crippen LogP contribution in [0.15, 0.2) is 48.7 Å². The van der Waals surface area contributed by atoms with Crippen LogP contribution >= 0.6 is 0 Å². The van der Waals surface area contributed by atoms with E-state index in [0.717, 1.165) is 23.0 Å². The topological polar surface area (TPSA) is 56.2 Å². The van der Waals surface area contributed by atoms with Gasteiger partial charge < -0.3 is 10.1 Å². The fraction of sp³-hybridized carbons (Fsp3) is 0.250. The van der Waals surface area contributed by atoms with Gasteiger partial charge >= 0.3 is 5.97 Å². The standard InChI is InChI=1S/C16H19N3O2/c1-4-8-12(5-2)17-11-19-14-10-7-6-9-13(14)15(18-19)16(20)21-3/h4,6-10,17H,1,5,11H2,2-3H3/b12-8+. The molecule has 0 bridgehead atoms. The predicted molar refractivity (Wildman–Crippen MR) is 82.8 cm³/mol. The van der Waals surface area contributed by atoms with Crippen molar-refractivity contribution >= 4 is 16.9 Å². The number of carbonyl (C=O) groups is 1. The molecular weight excluding hydrogens is 266 g/mol. The van der Waals surface area contributed by atoms with Gasteiger partial charge in [0.05, 0.1) is 12.6 Å². The molecule has 0 aliphatic heterocycles. The van der Waals surface area contributed by atoms with Crippen molar-refractivity contribution in [3.05, 3.63) is 54.4 Å². The van der Waals surface area contributed by atoms with Crippen LogP contribution < -0.4 is 5.32 Å². The van der Waals surface area contributed by atoms with Crippen molar-refractivity contribution in [2.45, 2.75) is 20.0 Å². The van der Waals surface area contributed by atoms with E-state index in [4.69, 9.17) is 4.74 Å². The fourth-order valence-corrected chi connectivity index (χ4v) is 2.12. The number of nitrogens with zero attached hydrogens (tertiary/aromatic N) is 2. The maximum absolute atomic E-state index is 11.8. The number of rotatable bonds is 6. The number of aromatic nitrogens is 2. The minimum Gasteiger partial charge on any atom is -0.464 e. The summed E-state index contributed by atoms with van der Waals surface area (Å²) >= 11 is 0. The van der Waals surface area contributed by atoms with Gasteiger partial charge in [-0.2, -0.15) is 5.10 Å². The minimum atomic E-state index is -0.428. The quantitative estimate of drug-likeness (QED) is 0.655. The van der Waals surface area contributed by atoms with Crippen molar-refractivity contribution in [3.8, 4) is 0 Å². The average Bonchev–Trinajstić information content (AvgIpc) is 2.89. The molecule has 21 heavy (non-hydrogen) atoms. The Labute approximate surface area is 123 Å². The third-order valence-electron chi connectivity index (χ3n) is 3.19. The van der Waals surface area contributed by atoms with Gasteiger partial charge in [-0.1, -0.05) is 37.8 Å². The maximum Gasteiger partial charge on any atom is 0.359 e. The van der Waals surface area contributed by atoms with E-state index in [1.807, 2.05) is 30.3 Å². The highest BCUT2D eigenvalue weighted by Gasteiger charge is 2.17. The van der Waals surface area contributed by atoms with Gasteiger partial charge in [0.2, 0.25) is 0 Å². The molecule has 0 atom stereocenters. The summed E-state index contributed by atoms with van der Waals surface area (Å²) in [6, 6.07) is 7.59. The lowest BCUT2D eigenvalue weighted by Gasteiger charge is -2.09.